The van der Waals surface area contributed by atoms with Crippen LogP contribution in [0.25, 0.3) is 0 Å². The minimum Gasteiger partial charge on any atom is -0.494 e. The normalized spacial score (nSPS) is 13.4. The first-order valence-electron chi connectivity index (χ1n) is 9.69. The van der Waals surface area contributed by atoms with E-state index in [-0.39, 0.29) is 0 Å². The lowest BCUT2D eigenvalue weighted by Gasteiger charge is -2.25. The molecule has 1 aliphatic rings. The molecule has 4 nitrogen and oxygen atoms in total. The quantitative estimate of drug-likeness (QED) is 0.689. The summed E-state index contributed by atoms with van der Waals surface area (Å²) in [6.45, 7) is 6.65. The van der Waals surface area contributed by atoms with Gasteiger partial charge in [0.25, 0.3) is 0 Å². The van der Waals surface area contributed by atoms with Crippen LogP contribution in [0.5, 0.6) is 5.75 Å². The average molecular weight is 354 g/mol. The van der Waals surface area contributed by atoms with E-state index in [9.17, 15) is 0 Å². The fourth-order valence-corrected chi connectivity index (χ4v) is 3.61. The van der Waals surface area contributed by atoms with E-state index in [0.717, 1.165) is 31.9 Å². The highest BCUT2D eigenvalue weighted by Crippen LogP contribution is 2.31. The van der Waals surface area contributed by atoms with E-state index < -0.39 is 0 Å². The molecule has 1 aromatic heterocycles. The maximum atomic E-state index is 5.99. The second-order valence-corrected chi connectivity index (χ2v) is 7.39. The van der Waals surface area contributed by atoms with Crippen LogP contribution in [0.1, 0.15) is 35.6 Å². The third kappa shape index (κ3) is 5.05. The average Bonchev–Trinajstić information content (AvgIpc) is 3.08. The Bertz CT molecular complexity index is 700. The first kappa shape index (κ1) is 18.9. The van der Waals surface area contributed by atoms with E-state index in [0.29, 0.717) is 6.61 Å². The van der Waals surface area contributed by atoms with E-state index in [1.807, 2.05) is 18.5 Å². The van der Waals surface area contributed by atoms with Gasteiger partial charge in [0.05, 0.1) is 6.61 Å². The highest BCUT2D eigenvalue weighted by Gasteiger charge is 2.17. The number of pyridine rings is 1. The number of hydrogen-bond donors (Lipinski definition) is 0. The molecule has 1 aliphatic carbocycles. The van der Waals surface area contributed by atoms with Crippen LogP contribution in [-0.4, -0.2) is 48.6 Å². The number of rotatable bonds is 9. The molecule has 0 aliphatic heterocycles. The van der Waals surface area contributed by atoms with Crippen LogP contribution in [-0.2, 0) is 25.9 Å². The largest absolute Gasteiger partial charge is 0.494 e. The summed E-state index contributed by atoms with van der Waals surface area (Å²) in [7, 11) is 4.26. The van der Waals surface area contributed by atoms with Crippen LogP contribution in [0.4, 0.5) is 0 Å². The summed E-state index contributed by atoms with van der Waals surface area (Å²) in [5.74, 6) is 1.06. The van der Waals surface area contributed by atoms with Gasteiger partial charge >= 0.3 is 0 Å². The van der Waals surface area contributed by atoms with Crippen molar-refractivity contribution in [3.8, 4) is 5.75 Å². The predicted molar refractivity (Wildman–Crippen MR) is 107 cm³/mol. The monoisotopic (exact) mass is 353 g/mol. The molecule has 4 heteroatoms. The predicted octanol–water partition coefficient (Wildman–Crippen LogP) is 3.53. The number of aromatic nitrogens is 1. The van der Waals surface area contributed by atoms with Crippen molar-refractivity contribution in [1.82, 2.24) is 14.8 Å². The lowest BCUT2D eigenvalue weighted by molar-refractivity contribution is 0.221. The van der Waals surface area contributed by atoms with E-state index in [1.165, 1.54) is 41.5 Å². The minimum atomic E-state index is 0.714. The number of fused-ring (bicyclic) bond motifs is 1. The number of hydrogen-bond acceptors (Lipinski definition) is 4. The van der Waals surface area contributed by atoms with Gasteiger partial charge in [-0.3, -0.25) is 9.88 Å². The van der Waals surface area contributed by atoms with Crippen molar-refractivity contribution in [2.24, 2.45) is 0 Å². The third-order valence-electron chi connectivity index (χ3n) is 4.96. The molecule has 0 radical (unpaired) electrons. The Kier molecular flexibility index (Phi) is 6.64. The van der Waals surface area contributed by atoms with Crippen LogP contribution in [0.2, 0.25) is 0 Å². The highest BCUT2D eigenvalue weighted by atomic mass is 16.5. The van der Waals surface area contributed by atoms with E-state index in [4.69, 9.17) is 4.74 Å². The van der Waals surface area contributed by atoms with Crippen molar-refractivity contribution >= 4 is 0 Å². The van der Waals surface area contributed by atoms with Gasteiger partial charge in [0.1, 0.15) is 5.75 Å². The van der Waals surface area contributed by atoms with E-state index in [2.05, 4.69) is 54.0 Å². The number of ether oxygens (including phenoxy) is 1. The molecule has 0 N–H and O–H groups in total. The minimum absolute atomic E-state index is 0.714. The summed E-state index contributed by atoms with van der Waals surface area (Å²) >= 11 is 0. The van der Waals surface area contributed by atoms with Gasteiger partial charge in [-0.25, -0.2) is 0 Å². The number of aryl methyl sites for hydroxylation is 2. The van der Waals surface area contributed by atoms with Crippen LogP contribution >= 0.6 is 0 Å². The molecule has 0 atom stereocenters. The summed E-state index contributed by atoms with van der Waals surface area (Å²) in [6.07, 6.45) is 7.46. The molecule has 3 rings (SSSR count). The first-order valence-corrected chi connectivity index (χ1v) is 9.69. The summed E-state index contributed by atoms with van der Waals surface area (Å²) in [5.41, 5.74) is 5.56. The molecule has 0 spiro atoms. The van der Waals surface area contributed by atoms with Crippen LogP contribution in [0.3, 0.4) is 0 Å². The molecular formula is C22H31N3O. The van der Waals surface area contributed by atoms with Gasteiger partial charge in [-0.05, 0) is 69.1 Å². The maximum Gasteiger partial charge on any atom is 0.124 e. The Hall–Kier alpha value is -1.91. The molecule has 0 amide bonds. The summed E-state index contributed by atoms with van der Waals surface area (Å²) in [4.78, 5) is 9.01. The standard InChI is InChI=1S/C22H31N3O/c1-4-26-22-14-20-9-5-8-19(20)13-21(22)17-25(12-11-24(2)3)16-18-7-6-10-23-15-18/h6-7,10,13-15H,4-5,8-9,11-12,16-17H2,1-3H3. The second-order valence-electron chi connectivity index (χ2n) is 7.39. The van der Waals surface area contributed by atoms with E-state index in [1.54, 1.807) is 0 Å². The fourth-order valence-electron chi connectivity index (χ4n) is 3.61. The topological polar surface area (TPSA) is 28.6 Å². The Balaban J connectivity index is 1.80. The zero-order valence-electron chi connectivity index (χ0n) is 16.4. The number of benzene rings is 1. The van der Waals surface area contributed by atoms with Gasteiger partial charge in [-0.2, -0.15) is 0 Å². The molecule has 26 heavy (non-hydrogen) atoms. The lowest BCUT2D eigenvalue weighted by Crippen LogP contribution is -2.31. The van der Waals surface area contributed by atoms with Gasteiger partial charge in [-0.15, -0.1) is 0 Å². The Morgan fingerprint density at radius 1 is 1.08 bits per heavy atom. The maximum absolute atomic E-state index is 5.99. The zero-order chi connectivity index (χ0) is 18.4. The van der Waals surface area contributed by atoms with Gasteiger partial charge in [0.2, 0.25) is 0 Å². The third-order valence-corrected chi connectivity index (χ3v) is 4.96. The van der Waals surface area contributed by atoms with Gasteiger partial charge in [0, 0.05) is 44.1 Å². The second kappa shape index (κ2) is 9.15. The molecule has 1 aromatic carbocycles. The molecule has 1 heterocycles. The smallest absolute Gasteiger partial charge is 0.124 e. The molecule has 0 fully saturated rings. The zero-order valence-corrected chi connectivity index (χ0v) is 16.4. The van der Waals surface area contributed by atoms with Gasteiger partial charge < -0.3 is 9.64 Å². The number of likely N-dealkylation sites (N-methyl/N-ethyl adjacent to an activating group) is 1. The molecular weight excluding hydrogens is 322 g/mol. The Morgan fingerprint density at radius 2 is 1.88 bits per heavy atom. The van der Waals surface area contributed by atoms with Crippen molar-refractivity contribution in [1.29, 1.82) is 0 Å². The first-order chi connectivity index (χ1) is 12.7. The molecule has 0 saturated heterocycles. The molecule has 0 unspecified atom stereocenters. The molecule has 140 valence electrons. The van der Waals surface area contributed by atoms with Crippen molar-refractivity contribution in [2.75, 3.05) is 33.8 Å². The van der Waals surface area contributed by atoms with Gasteiger partial charge in [-0.1, -0.05) is 12.1 Å². The van der Waals surface area contributed by atoms with Crippen molar-refractivity contribution in [3.05, 3.63) is 58.9 Å². The molecule has 2 aromatic rings. The van der Waals surface area contributed by atoms with Crippen LogP contribution in [0, 0.1) is 0 Å². The summed E-state index contributed by atoms with van der Waals surface area (Å²) in [5, 5.41) is 0. The van der Waals surface area contributed by atoms with Crippen LogP contribution < -0.4 is 4.74 Å². The van der Waals surface area contributed by atoms with Crippen molar-refractivity contribution in [3.63, 3.8) is 0 Å². The summed E-state index contributed by atoms with van der Waals surface area (Å²) in [6, 6.07) is 8.84. The van der Waals surface area contributed by atoms with Gasteiger partial charge in [0.15, 0.2) is 0 Å². The lowest BCUT2D eigenvalue weighted by atomic mass is 10.0. The number of nitrogens with zero attached hydrogens (tertiary/aromatic N) is 3. The highest BCUT2D eigenvalue weighted by molar-refractivity contribution is 5.45. The van der Waals surface area contributed by atoms with E-state index >= 15 is 0 Å². The molecule has 0 bridgehead atoms. The fraction of sp³-hybridized carbons (Fsp3) is 0.500. The molecule has 0 saturated carbocycles. The Morgan fingerprint density at radius 3 is 2.58 bits per heavy atom. The van der Waals surface area contributed by atoms with Crippen molar-refractivity contribution < 1.29 is 4.74 Å². The summed E-state index contributed by atoms with van der Waals surface area (Å²) < 4.78 is 5.99. The van der Waals surface area contributed by atoms with Crippen LogP contribution in [0.15, 0.2) is 36.7 Å². The van der Waals surface area contributed by atoms with Crippen molar-refractivity contribution in [2.45, 2.75) is 39.3 Å². The Labute approximate surface area is 157 Å². The SMILES string of the molecule is CCOc1cc2c(cc1CN(CCN(C)C)Cc1cccnc1)CCC2.